The lowest BCUT2D eigenvalue weighted by molar-refractivity contribution is -0.0955. The van der Waals surface area contributed by atoms with Crippen LogP contribution in [0.5, 0.6) is 0 Å². The normalized spacial score (nSPS) is 33.6. The molecule has 0 spiro atoms. The first kappa shape index (κ1) is 12.1. The molecule has 3 rings (SSSR count). The van der Waals surface area contributed by atoms with Gasteiger partial charge in [-0.05, 0) is 37.3 Å². The van der Waals surface area contributed by atoms with Crippen LogP contribution in [0, 0.1) is 12.8 Å². The van der Waals surface area contributed by atoms with E-state index in [2.05, 4.69) is 5.32 Å². The van der Waals surface area contributed by atoms with Crippen LogP contribution in [-0.2, 0) is 6.42 Å². The Bertz CT molecular complexity index is 444. The number of hydrogen-bond donors (Lipinski definition) is 1. The van der Waals surface area contributed by atoms with E-state index in [0.717, 1.165) is 24.0 Å². The standard InChI is InChI=1S/C15H19F2N/c1-10-4-2-3-5-11(10)8-13-14-7-6-12(18-14)9-15(13,16)17/h2-5,12-14,18H,6-9H2,1H3. The summed E-state index contributed by atoms with van der Waals surface area (Å²) in [7, 11) is 0. The number of fused-ring (bicyclic) bond motifs is 2. The highest BCUT2D eigenvalue weighted by Crippen LogP contribution is 2.43. The topological polar surface area (TPSA) is 12.0 Å². The van der Waals surface area contributed by atoms with Crippen LogP contribution in [0.4, 0.5) is 8.78 Å². The van der Waals surface area contributed by atoms with Gasteiger partial charge in [-0.15, -0.1) is 0 Å². The Morgan fingerprint density at radius 1 is 1.28 bits per heavy atom. The summed E-state index contributed by atoms with van der Waals surface area (Å²) in [6, 6.07) is 7.92. The van der Waals surface area contributed by atoms with Crippen molar-refractivity contribution in [1.29, 1.82) is 0 Å². The largest absolute Gasteiger partial charge is 0.310 e. The van der Waals surface area contributed by atoms with Gasteiger partial charge in [0, 0.05) is 24.4 Å². The minimum Gasteiger partial charge on any atom is -0.310 e. The molecule has 3 heteroatoms. The summed E-state index contributed by atoms with van der Waals surface area (Å²) >= 11 is 0. The molecule has 0 saturated carbocycles. The molecule has 3 atom stereocenters. The predicted molar refractivity (Wildman–Crippen MR) is 67.9 cm³/mol. The molecule has 2 aliphatic rings. The molecule has 1 aromatic rings. The lowest BCUT2D eigenvalue weighted by atomic mass is 9.82. The summed E-state index contributed by atoms with van der Waals surface area (Å²) in [5.41, 5.74) is 2.18. The fourth-order valence-corrected chi connectivity index (χ4v) is 3.47. The minimum atomic E-state index is -2.51. The zero-order chi connectivity index (χ0) is 12.8. The van der Waals surface area contributed by atoms with Crippen molar-refractivity contribution in [3.63, 3.8) is 0 Å². The first-order valence-corrected chi connectivity index (χ1v) is 6.74. The molecule has 2 fully saturated rings. The molecule has 0 aliphatic carbocycles. The van der Waals surface area contributed by atoms with Gasteiger partial charge in [-0.25, -0.2) is 8.78 Å². The molecule has 0 radical (unpaired) electrons. The van der Waals surface area contributed by atoms with E-state index < -0.39 is 11.8 Å². The highest BCUT2D eigenvalue weighted by molar-refractivity contribution is 5.27. The number of rotatable bonds is 2. The number of aryl methyl sites for hydroxylation is 1. The highest BCUT2D eigenvalue weighted by atomic mass is 19.3. The van der Waals surface area contributed by atoms with E-state index in [0.29, 0.717) is 6.42 Å². The molecular weight excluding hydrogens is 232 g/mol. The van der Waals surface area contributed by atoms with E-state index >= 15 is 0 Å². The Hall–Kier alpha value is -0.960. The van der Waals surface area contributed by atoms with Crippen LogP contribution in [0.15, 0.2) is 24.3 Å². The fourth-order valence-electron chi connectivity index (χ4n) is 3.47. The Morgan fingerprint density at radius 2 is 2.06 bits per heavy atom. The van der Waals surface area contributed by atoms with Crippen molar-refractivity contribution >= 4 is 0 Å². The summed E-state index contributed by atoms with van der Waals surface area (Å²) < 4.78 is 28.4. The van der Waals surface area contributed by atoms with E-state index in [1.165, 1.54) is 0 Å². The van der Waals surface area contributed by atoms with Crippen molar-refractivity contribution in [2.24, 2.45) is 5.92 Å². The third kappa shape index (κ3) is 2.05. The Morgan fingerprint density at radius 3 is 2.83 bits per heavy atom. The van der Waals surface area contributed by atoms with Gasteiger partial charge in [-0.3, -0.25) is 0 Å². The van der Waals surface area contributed by atoms with Crippen LogP contribution < -0.4 is 5.32 Å². The van der Waals surface area contributed by atoms with Gasteiger partial charge in [0.25, 0.3) is 5.92 Å². The molecule has 1 N–H and O–H groups in total. The first-order valence-electron chi connectivity index (χ1n) is 6.74. The van der Waals surface area contributed by atoms with E-state index in [1.807, 2.05) is 31.2 Å². The number of benzene rings is 1. The summed E-state index contributed by atoms with van der Waals surface area (Å²) in [5.74, 6) is -3.06. The molecule has 98 valence electrons. The molecule has 2 heterocycles. The van der Waals surface area contributed by atoms with Crippen molar-refractivity contribution in [2.75, 3.05) is 0 Å². The summed E-state index contributed by atoms with van der Waals surface area (Å²) in [6.45, 7) is 2.00. The third-order valence-corrected chi connectivity index (χ3v) is 4.52. The van der Waals surface area contributed by atoms with Gasteiger partial charge < -0.3 is 5.32 Å². The van der Waals surface area contributed by atoms with Crippen LogP contribution in [-0.4, -0.2) is 18.0 Å². The maximum Gasteiger partial charge on any atom is 0.254 e. The number of piperidine rings is 1. The number of alkyl halides is 2. The number of nitrogens with one attached hydrogen (secondary N) is 1. The van der Waals surface area contributed by atoms with Gasteiger partial charge in [-0.2, -0.15) is 0 Å². The third-order valence-electron chi connectivity index (χ3n) is 4.52. The van der Waals surface area contributed by atoms with Crippen molar-refractivity contribution in [3.8, 4) is 0 Å². The predicted octanol–water partition coefficient (Wildman–Crippen LogP) is 3.31. The smallest absolute Gasteiger partial charge is 0.254 e. The maximum atomic E-state index is 14.2. The van der Waals surface area contributed by atoms with Gasteiger partial charge in [0.2, 0.25) is 0 Å². The quantitative estimate of drug-likeness (QED) is 0.850. The molecule has 1 nitrogen and oxygen atoms in total. The zero-order valence-corrected chi connectivity index (χ0v) is 10.6. The van der Waals surface area contributed by atoms with Gasteiger partial charge in [-0.1, -0.05) is 24.3 Å². The molecule has 0 amide bonds. The first-order chi connectivity index (χ1) is 8.56. The SMILES string of the molecule is Cc1ccccc1CC1C2CCC(CC1(F)F)N2. The summed E-state index contributed by atoms with van der Waals surface area (Å²) in [6.07, 6.45) is 2.31. The van der Waals surface area contributed by atoms with Gasteiger partial charge in [0.1, 0.15) is 0 Å². The lowest BCUT2D eigenvalue weighted by Gasteiger charge is -2.37. The van der Waals surface area contributed by atoms with Gasteiger partial charge in [0.05, 0.1) is 0 Å². The van der Waals surface area contributed by atoms with Gasteiger partial charge >= 0.3 is 0 Å². The molecule has 3 unspecified atom stereocenters. The summed E-state index contributed by atoms with van der Waals surface area (Å²) in [5, 5.41) is 3.36. The monoisotopic (exact) mass is 251 g/mol. The highest BCUT2D eigenvalue weighted by Gasteiger charge is 2.52. The van der Waals surface area contributed by atoms with Crippen molar-refractivity contribution < 1.29 is 8.78 Å². The molecule has 2 bridgehead atoms. The number of hydrogen-bond acceptors (Lipinski definition) is 1. The molecular formula is C15H19F2N. The van der Waals surface area contributed by atoms with Crippen LogP contribution in [0.1, 0.15) is 30.4 Å². The second-order valence-corrected chi connectivity index (χ2v) is 5.75. The second kappa shape index (κ2) is 4.30. The van der Waals surface area contributed by atoms with Crippen LogP contribution in [0.2, 0.25) is 0 Å². The van der Waals surface area contributed by atoms with Crippen LogP contribution >= 0.6 is 0 Å². The van der Waals surface area contributed by atoms with Crippen molar-refractivity contribution in [1.82, 2.24) is 5.32 Å². The molecule has 2 aliphatic heterocycles. The van der Waals surface area contributed by atoms with E-state index in [9.17, 15) is 8.78 Å². The van der Waals surface area contributed by atoms with E-state index in [1.54, 1.807) is 0 Å². The average molecular weight is 251 g/mol. The maximum absolute atomic E-state index is 14.2. The van der Waals surface area contributed by atoms with E-state index in [-0.39, 0.29) is 18.5 Å². The van der Waals surface area contributed by atoms with Crippen molar-refractivity contribution in [3.05, 3.63) is 35.4 Å². The zero-order valence-electron chi connectivity index (χ0n) is 10.6. The molecule has 18 heavy (non-hydrogen) atoms. The number of halogens is 2. The van der Waals surface area contributed by atoms with Crippen molar-refractivity contribution in [2.45, 2.75) is 50.6 Å². The second-order valence-electron chi connectivity index (χ2n) is 5.75. The fraction of sp³-hybridized carbons (Fsp3) is 0.600. The molecule has 0 aromatic heterocycles. The van der Waals surface area contributed by atoms with Crippen LogP contribution in [0.25, 0.3) is 0 Å². The molecule has 1 aromatic carbocycles. The minimum absolute atomic E-state index is 0.00152. The lowest BCUT2D eigenvalue weighted by Crippen LogP contribution is -2.52. The molecule has 2 saturated heterocycles. The summed E-state index contributed by atoms with van der Waals surface area (Å²) in [4.78, 5) is 0. The van der Waals surface area contributed by atoms with Crippen LogP contribution in [0.3, 0.4) is 0 Å². The Kier molecular flexibility index (Phi) is 2.89. The van der Waals surface area contributed by atoms with E-state index in [4.69, 9.17) is 0 Å². The van der Waals surface area contributed by atoms with Gasteiger partial charge in [0.15, 0.2) is 0 Å². The Labute approximate surface area is 107 Å². The Balaban J connectivity index is 1.84. The average Bonchev–Trinajstić information content (AvgIpc) is 2.70.